The van der Waals surface area contributed by atoms with Crippen LogP contribution in [0.4, 0.5) is 4.39 Å². The number of methoxy groups -OCH3 is 2. The van der Waals surface area contributed by atoms with E-state index in [-0.39, 0.29) is 89.5 Å². The maximum Gasteiger partial charge on any atom is 0.259 e. The maximum atomic E-state index is 14.6. The molecule has 0 spiro atoms. The van der Waals surface area contributed by atoms with Gasteiger partial charge in [0, 0.05) is 87.0 Å². The van der Waals surface area contributed by atoms with Gasteiger partial charge in [0.05, 0.1) is 80.9 Å². The van der Waals surface area contributed by atoms with Gasteiger partial charge < -0.3 is 58.9 Å². The molecule has 20 nitrogen and oxygen atoms in total. The summed E-state index contributed by atoms with van der Waals surface area (Å²) in [6, 6.07) is 9.19. The van der Waals surface area contributed by atoms with Crippen LogP contribution in [0.3, 0.4) is 0 Å². The number of nitrogens with zero attached hydrogens (tertiary/aromatic N) is 5. The number of amides is 4. The summed E-state index contributed by atoms with van der Waals surface area (Å²) in [7, 11) is 4.94. The fraction of sp³-hybridized carbons (Fsp3) is 0.509. The Kier molecular flexibility index (Phi) is 18.3. The van der Waals surface area contributed by atoms with Crippen LogP contribution < -0.4 is 35.7 Å². The summed E-state index contributed by atoms with van der Waals surface area (Å²) in [5.41, 5.74) is 3.78. The number of β-amino-alcohol motifs (C(OH)–C–C–N with tert-alkyl or cyclic N) is 1. The molecule has 2 saturated heterocycles. The Hall–Kier alpha value is -6.56. The number of thiazole rings is 1. The van der Waals surface area contributed by atoms with Crippen molar-refractivity contribution in [1.29, 1.82) is 0 Å². The van der Waals surface area contributed by atoms with Gasteiger partial charge in [-0.1, -0.05) is 32.9 Å². The van der Waals surface area contributed by atoms with E-state index in [4.69, 9.17) is 28.4 Å². The van der Waals surface area contributed by atoms with Gasteiger partial charge >= 0.3 is 0 Å². The van der Waals surface area contributed by atoms with Crippen LogP contribution in [-0.2, 0) is 53.5 Å². The summed E-state index contributed by atoms with van der Waals surface area (Å²) in [6.07, 6.45) is 4.25. The lowest BCUT2D eigenvalue weighted by Crippen LogP contribution is -2.59. The zero-order chi connectivity index (χ0) is 55.0. The number of ether oxygens (including phenoxy) is 6. The summed E-state index contributed by atoms with van der Waals surface area (Å²) in [6.45, 7) is 10.4. The van der Waals surface area contributed by atoms with Gasteiger partial charge in [-0.25, -0.2) is 9.37 Å². The van der Waals surface area contributed by atoms with E-state index in [1.54, 1.807) is 66.1 Å². The fourth-order valence-corrected chi connectivity index (χ4v) is 10.3. The highest BCUT2D eigenvalue weighted by Crippen LogP contribution is 2.41. The first-order chi connectivity index (χ1) is 36.9. The Morgan fingerprint density at radius 2 is 1.61 bits per heavy atom. The van der Waals surface area contributed by atoms with Crippen LogP contribution in [0.2, 0.25) is 0 Å². The number of aromatic nitrogens is 3. The van der Waals surface area contributed by atoms with Crippen molar-refractivity contribution in [2.75, 3.05) is 80.1 Å². The number of alkyl halides is 1. The largest absolute Gasteiger partial charge is 0.496 e. The van der Waals surface area contributed by atoms with Gasteiger partial charge in [-0.3, -0.25) is 33.9 Å². The second kappa shape index (κ2) is 24.8. The van der Waals surface area contributed by atoms with Crippen LogP contribution in [-0.4, -0.2) is 163 Å². The average molecular weight is 1090 g/mol. The third-order valence-corrected chi connectivity index (χ3v) is 14.9. The van der Waals surface area contributed by atoms with Crippen molar-refractivity contribution >= 4 is 45.7 Å². The molecule has 0 bridgehead atoms. The van der Waals surface area contributed by atoms with Gasteiger partial charge in [-0.2, -0.15) is 0 Å². The number of hydrogen-bond acceptors (Lipinski definition) is 16. The van der Waals surface area contributed by atoms with Crippen molar-refractivity contribution in [2.45, 2.75) is 89.9 Å². The number of rotatable bonds is 25. The third-order valence-electron chi connectivity index (χ3n) is 13.9. The number of aliphatic hydroxyl groups excluding tert-OH is 1. The first-order valence-electron chi connectivity index (χ1n) is 25.7. The molecule has 5 heterocycles. The molecule has 3 unspecified atom stereocenters. The van der Waals surface area contributed by atoms with Crippen molar-refractivity contribution in [1.82, 2.24) is 40.3 Å². The third kappa shape index (κ3) is 13.8. The van der Waals surface area contributed by atoms with E-state index in [9.17, 15) is 33.5 Å². The minimum Gasteiger partial charge on any atom is -0.496 e. The highest BCUT2D eigenvalue weighted by Gasteiger charge is 2.53. The highest BCUT2D eigenvalue weighted by molar-refractivity contribution is 7.13. The van der Waals surface area contributed by atoms with Crippen molar-refractivity contribution < 1.29 is 57.1 Å². The summed E-state index contributed by atoms with van der Waals surface area (Å²) >= 11 is 1.49. The standard InChI is InChI=1S/C55H69FN8O12S/c1-33-48(77-32-59-33)34-8-9-35(24-58-50(67)43-22-38(65)29-64(43)52(69)49(54(2,3)4)61-53(70)55(56)11-12-55)45(20-34)76-19-18-74-15-14-73-16-17-75-31-47(66)60-37-27-63(28-37)26-36-21-46(72-7)40(23-44(36)71-6)42-30-62(5)51(68)41-25-57-13-10-39(41)42/h8-10,13,20-21,23,25,30,32,37-38,43,49,65H,11-12,14-19,22,24,26-29,31H2,1-7H3,(H,58,67)(H,60,66)(H,61,70). The molecule has 3 aliphatic rings. The summed E-state index contributed by atoms with van der Waals surface area (Å²) < 4.78 is 51.0. The SMILES string of the molecule is COc1cc(-c2cn(C)c(=O)c3cnccc23)c(OC)cc1CN1CC(NC(=O)COCCOCCOCCOc2cc(-c3scnc3C)ccc2CNC(=O)C2CC(O)CN2C(=O)C(NC(=O)C2(F)CC2)C(C)(C)C)C1. The minimum atomic E-state index is -1.99. The number of hydrogen-bond donors (Lipinski definition) is 4. The molecule has 22 heteroatoms. The lowest BCUT2D eigenvalue weighted by atomic mass is 9.85. The van der Waals surface area contributed by atoms with Crippen LogP contribution in [0.15, 0.2) is 65.3 Å². The smallest absolute Gasteiger partial charge is 0.259 e. The Labute approximate surface area is 450 Å². The highest BCUT2D eigenvalue weighted by atomic mass is 32.1. The van der Waals surface area contributed by atoms with E-state index in [1.807, 2.05) is 43.3 Å². The van der Waals surface area contributed by atoms with Crippen molar-refractivity contribution in [3.8, 4) is 38.8 Å². The number of carbonyl (C=O) groups excluding carboxylic acids is 4. The van der Waals surface area contributed by atoms with Crippen LogP contribution in [0.25, 0.3) is 32.3 Å². The Morgan fingerprint density at radius 1 is 0.896 bits per heavy atom. The predicted octanol–water partition coefficient (Wildman–Crippen LogP) is 4.09. The van der Waals surface area contributed by atoms with Crippen molar-refractivity contribution in [2.24, 2.45) is 12.5 Å². The summed E-state index contributed by atoms with van der Waals surface area (Å²) in [5, 5.41) is 20.4. The molecule has 2 aromatic carbocycles. The topological polar surface area (TPSA) is 234 Å². The van der Waals surface area contributed by atoms with Crippen LogP contribution in [0.1, 0.15) is 56.9 Å². The Balaban J connectivity index is 0.732. The van der Waals surface area contributed by atoms with Gasteiger partial charge in [0.1, 0.15) is 42.5 Å². The lowest BCUT2D eigenvalue weighted by Gasteiger charge is -2.39. The number of fused-ring (bicyclic) bond motifs is 1. The van der Waals surface area contributed by atoms with E-state index in [0.717, 1.165) is 38.2 Å². The molecule has 3 aromatic heterocycles. The predicted molar refractivity (Wildman–Crippen MR) is 285 cm³/mol. The molecule has 4 amide bonds. The Bertz CT molecular complexity index is 2990. The molecule has 414 valence electrons. The summed E-state index contributed by atoms with van der Waals surface area (Å²) in [4.78, 5) is 78.8. The molecule has 77 heavy (non-hydrogen) atoms. The molecule has 1 saturated carbocycles. The lowest BCUT2D eigenvalue weighted by molar-refractivity contribution is -0.145. The first-order valence-corrected chi connectivity index (χ1v) is 26.6. The van der Waals surface area contributed by atoms with E-state index >= 15 is 0 Å². The van der Waals surface area contributed by atoms with Crippen LogP contribution >= 0.6 is 11.3 Å². The van der Waals surface area contributed by atoms with E-state index in [2.05, 4.69) is 30.8 Å². The number of pyridine rings is 2. The zero-order valence-electron chi connectivity index (χ0n) is 44.6. The van der Waals surface area contributed by atoms with E-state index in [1.165, 1.54) is 20.8 Å². The number of aryl methyl sites for hydroxylation is 2. The monoisotopic (exact) mass is 1080 g/mol. The second-order valence-electron chi connectivity index (χ2n) is 20.8. The van der Waals surface area contributed by atoms with E-state index in [0.29, 0.717) is 54.4 Å². The minimum absolute atomic E-state index is 0.00176. The molecular weight excluding hydrogens is 1020 g/mol. The number of aliphatic hydroxyl groups is 1. The first kappa shape index (κ1) is 56.6. The van der Waals surface area contributed by atoms with Crippen LogP contribution in [0, 0.1) is 12.3 Å². The zero-order valence-corrected chi connectivity index (χ0v) is 45.5. The van der Waals surface area contributed by atoms with Crippen LogP contribution in [0.5, 0.6) is 17.2 Å². The Morgan fingerprint density at radius 3 is 2.29 bits per heavy atom. The second-order valence-corrected chi connectivity index (χ2v) is 21.6. The molecule has 8 rings (SSSR count). The number of likely N-dealkylation sites (tertiary alicyclic amines) is 2. The quantitative estimate of drug-likeness (QED) is 0.0603. The van der Waals surface area contributed by atoms with E-state index < -0.39 is 47.0 Å². The molecule has 0 radical (unpaired) electrons. The molecule has 3 atom stereocenters. The number of benzene rings is 2. The fourth-order valence-electron chi connectivity index (χ4n) is 9.51. The molecule has 4 N–H and O–H groups in total. The van der Waals surface area contributed by atoms with Crippen molar-refractivity contribution in [3.05, 3.63) is 87.7 Å². The van der Waals surface area contributed by atoms with Gasteiger partial charge in [-0.15, -0.1) is 11.3 Å². The van der Waals surface area contributed by atoms with Gasteiger partial charge in [0.25, 0.3) is 11.5 Å². The number of halogens is 1. The number of nitrogens with one attached hydrogen (secondary N) is 3. The molecule has 3 fully saturated rings. The summed E-state index contributed by atoms with van der Waals surface area (Å²) in [5.74, 6) is -0.283. The van der Waals surface area contributed by atoms with Gasteiger partial charge in [-0.05, 0) is 60.4 Å². The molecule has 1 aliphatic carbocycles. The number of carbonyl (C=O) groups is 4. The molecule has 2 aliphatic heterocycles. The normalized spacial score (nSPS) is 17.6. The molecular formula is C55H69FN8O12S. The van der Waals surface area contributed by atoms with Crippen molar-refractivity contribution in [3.63, 3.8) is 0 Å². The maximum absolute atomic E-state index is 14.6. The average Bonchev–Trinajstić information content (AvgIpc) is 3.81. The van der Waals surface area contributed by atoms with Gasteiger partial charge in [0.2, 0.25) is 17.7 Å². The molecule has 5 aromatic rings. The van der Waals surface area contributed by atoms with Gasteiger partial charge in [0.15, 0.2) is 5.67 Å².